The summed E-state index contributed by atoms with van der Waals surface area (Å²) < 4.78 is 5.00. The molecule has 2 rings (SSSR count). The molecule has 1 aromatic heterocycles. The van der Waals surface area contributed by atoms with Crippen molar-refractivity contribution in [1.29, 1.82) is 5.41 Å². The number of para-hydroxylation sites is 1. The first-order chi connectivity index (χ1) is 7.09. The molecule has 0 unspecified atom stereocenters. The van der Waals surface area contributed by atoms with Gasteiger partial charge in [0.2, 0.25) is 5.55 Å². The van der Waals surface area contributed by atoms with Gasteiger partial charge in [0.1, 0.15) is 5.56 Å². The fraction of sp³-hybridized carbons (Fsp3) is 0. The highest BCUT2D eigenvalue weighted by Gasteiger charge is 2.09. The molecule has 0 aliphatic rings. The molecule has 0 fully saturated rings. The number of fused-ring (bicyclic) bond motifs is 1. The van der Waals surface area contributed by atoms with Gasteiger partial charge in [0.25, 0.3) is 5.91 Å². The number of phenolic OH excluding ortho intramolecular Hbond substituents is 1. The van der Waals surface area contributed by atoms with Gasteiger partial charge in [-0.1, -0.05) is 12.1 Å². The molecule has 1 heterocycles. The highest BCUT2D eigenvalue weighted by atomic mass is 16.4. The van der Waals surface area contributed by atoms with E-state index in [4.69, 9.17) is 15.6 Å². The van der Waals surface area contributed by atoms with E-state index in [1.54, 1.807) is 12.1 Å². The zero-order valence-electron chi connectivity index (χ0n) is 7.65. The van der Waals surface area contributed by atoms with Crippen LogP contribution >= 0.6 is 0 Å². The van der Waals surface area contributed by atoms with Gasteiger partial charge in [-0.15, -0.1) is 0 Å². The Morgan fingerprint density at radius 2 is 2.20 bits per heavy atom. The van der Waals surface area contributed by atoms with Gasteiger partial charge in [-0.05, 0) is 12.1 Å². The van der Waals surface area contributed by atoms with Crippen LogP contribution in [0.1, 0.15) is 10.4 Å². The second-order valence-corrected chi connectivity index (χ2v) is 3.05. The van der Waals surface area contributed by atoms with Crippen LogP contribution in [-0.2, 0) is 0 Å². The Morgan fingerprint density at radius 1 is 1.47 bits per heavy atom. The van der Waals surface area contributed by atoms with Gasteiger partial charge >= 0.3 is 0 Å². The molecule has 4 N–H and O–H groups in total. The average Bonchev–Trinajstić information content (AvgIpc) is 2.18. The number of hydrogen-bond acceptors (Lipinski definition) is 4. The van der Waals surface area contributed by atoms with Crippen molar-refractivity contribution >= 4 is 16.9 Å². The minimum absolute atomic E-state index is 0.00639. The number of hydrogen-bond donors (Lipinski definition) is 3. The predicted octanol–water partition coefficient (Wildman–Crippen LogP) is 0.717. The summed E-state index contributed by atoms with van der Waals surface area (Å²) in [7, 11) is 0. The van der Waals surface area contributed by atoms with E-state index in [1.165, 1.54) is 12.1 Å². The smallest absolute Gasteiger partial charge is 0.254 e. The van der Waals surface area contributed by atoms with Gasteiger partial charge in [0, 0.05) is 5.39 Å². The summed E-state index contributed by atoms with van der Waals surface area (Å²) in [5.41, 5.74) is 4.88. The number of nitrogens with two attached hydrogens (primary N) is 1. The normalized spacial score (nSPS) is 10.4. The van der Waals surface area contributed by atoms with Crippen LogP contribution in [0, 0.1) is 5.41 Å². The molecule has 5 heteroatoms. The maximum atomic E-state index is 10.9. The Kier molecular flexibility index (Phi) is 1.93. The summed E-state index contributed by atoms with van der Waals surface area (Å²) in [5, 5.41) is 17.4. The summed E-state index contributed by atoms with van der Waals surface area (Å²) >= 11 is 0. The molecule has 0 radical (unpaired) electrons. The molecule has 15 heavy (non-hydrogen) atoms. The summed E-state index contributed by atoms with van der Waals surface area (Å²) in [4.78, 5) is 10.9. The number of phenols is 1. The highest BCUT2D eigenvalue weighted by molar-refractivity contribution is 5.96. The molecule has 0 saturated heterocycles. The first-order valence-corrected chi connectivity index (χ1v) is 4.20. The zero-order valence-corrected chi connectivity index (χ0v) is 7.65. The topological polar surface area (TPSA) is 100 Å². The number of carbonyl (C=O) groups is 1. The minimum Gasteiger partial charge on any atom is -0.504 e. The van der Waals surface area contributed by atoms with E-state index in [-0.39, 0.29) is 22.5 Å². The second-order valence-electron chi connectivity index (χ2n) is 3.05. The summed E-state index contributed by atoms with van der Waals surface area (Å²) in [6.45, 7) is 0. The third kappa shape index (κ3) is 1.43. The molecule has 0 aliphatic carbocycles. The van der Waals surface area contributed by atoms with Gasteiger partial charge < -0.3 is 15.3 Å². The van der Waals surface area contributed by atoms with Crippen molar-refractivity contribution in [3.63, 3.8) is 0 Å². The van der Waals surface area contributed by atoms with Crippen LogP contribution in [0.4, 0.5) is 0 Å². The van der Waals surface area contributed by atoms with E-state index in [2.05, 4.69) is 0 Å². The van der Waals surface area contributed by atoms with E-state index in [0.717, 1.165) is 0 Å². The zero-order chi connectivity index (χ0) is 11.0. The Balaban J connectivity index is 2.88. The average molecular weight is 204 g/mol. The number of benzene rings is 1. The molecule has 1 aromatic carbocycles. The lowest BCUT2D eigenvalue weighted by molar-refractivity contribution is 0.0996. The van der Waals surface area contributed by atoms with Crippen molar-refractivity contribution in [2.45, 2.75) is 0 Å². The Labute approximate surface area is 84.3 Å². The van der Waals surface area contributed by atoms with E-state index in [1.807, 2.05) is 0 Å². The predicted molar refractivity (Wildman–Crippen MR) is 52.3 cm³/mol. The largest absolute Gasteiger partial charge is 0.504 e. The van der Waals surface area contributed by atoms with Gasteiger partial charge in [-0.25, -0.2) is 0 Å². The van der Waals surface area contributed by atoms with Crippen molar-refractivity contribution in [3.8, 4) is 5.75 Å². The molecule has 2 aromatic rings. The van der Waals surface area contributed by atoms with Gasteiger partial charge in [-0.2, -0.15) is 0 Å². The summed E-state index contributed by atoms with van der Waals surface area (Å²) in [6.07, 6.45) is 0. The van der Waals surface area contributed by atoms with Gasteiger partial charge in [-0.3, -0.25) is 10.2 Å². The molecule has 1 amide bonds. The molecule has 76 valence electrons. The van der Waals surface area contributed by atoms with Crippen LogP contribution in [-0.4, -0.2) is 11.0 Å². The molecular weight excluding hydrogens is 196 g/mol. The summed E-state index contributed by atoms with van der Waals surface area (Å²) in [6, 6.07) is 6.13. The van der Waals surface area contributed by atoms with Crippen LogP contribution in [0.5, 0.6) is 5.75 Å². The van der Waals surface area contributed by atoms with E-state index in [9.17, 15) is 9.90 Å². The Bertz CT molecular complexity index is 601. The lowest BCUT2D eigenvalue weighted by atomic mass is 10.1. The molecule has 0 atom stereocenters. The quantitative estimate of drug-likeness (QED) is 0.637. The van der Waals surface area contributed by atoms with Crippen molar-refractivity contribution in [3.05, 3.63) is 35.4 Å². The third-order valence-corrected chi connectivity index (χ3v) is 2.04. The first-order valence-electron chi connectivity index (χ1n) is 4.20. The second kappa shape index (κ2) is 3.13. The monoisotopic (exact) mass is 204 g/mol. The number of rotatable bonds is 1. The van der Waals surface area contributed by atoms with Crippen molar-refractivity contribution in [1.82, 2.24) is 0 Å². The summed E-state index contributed by atoms with van der Waals surface area (Å²) in [5.74, 6) is -0.800. The lowest BCUT2D eigenvalue weighted by Gasteiger charge is -2.01. The van der Waals surface area contributed by atoms with Gasteiger partial charge in [0.15, 0.2) is 11.3 Å². The SMILES string of the molecule is N=c1oc2c(O)cccc2cc1C(N)=O. The fourth-order valence-corrected chi connectivity index (χ4v) is 1.33. The minimum atomic E-state index is -0.728. The number of aromatic hydroxyl groups is 1. The first kappa shape index (κ1) is 9.26. The van der Waals surface area contributed by atoms with Crippen molar-refractivity contribution < 1.29 is 14.3 Å². The third-order valence-electron chi connectivity index (χ3n) is 2.04. The fourth-order valence-electron chi connectivity index (χ4n) is 1.33. The van der Waals surface area contributed by atoms with Crippen molar-refractivity contribution in [2.75, 3.05) is 0 Å². The Hall–Kier alpha value is -2.30. The van der Waals surface area contributed by atoms with Crippen LogP contribution in [0.15, 0.2) is 28.7 Å². The molecule has 0 aliphatic heterocycles. The molecule has 0 spiro atoms. The maximum absolute atomic E-state index is 10.9. The number of nitrogens with one attached hydrogen (secondary N) is 1. The van der Waals surface area contributed by atoms with Crippen LogP contribution < -0.4 is 11.3 Å². The van der Waals surface area contributed by atoms with Crippen LogP contribution in [0.2, 0.25) is 0 Å². The van der Waals surface area contributed by atoms with Gasteiger partial charge in [0.05, 0.1) is 0 Å². The van der Waals surface area contributed by atoms with Crippen LogP contribution in [0.3, 0.4) is 0 Å². The number of primary amides is 1. The molecule has 0 bridgehead atoms. The highest BCUT2D eigenvalue weighted by Crippen LogP contribution is 2.22. The molecule has 0 saturated carbocycles. The van der Waals surface area contributed by atoms with E-state index >= 15 is 0 Å². The lowest BCUT2D eigenvalue weighted by Crippen LogP contribution is -2.20. The number of amides is 1. The van der Waals surface area contributed by atoms with Crippen molar-refractivity contribution in [2.24, 2.45) is 5.73 Å². The Morgan fingerprint density at radius 3 is 2.87 bits per heavy atom. The van der Waals surface area contributed by atoms with E-state index in [0.29, 0.717) is 5.39 Å². The van der Waals surface area contributed by atoms with E-state index < -0.39 is 5.91 Å². The van der Waals surface area contributed by atoms with Crippen LogP contribution in [0.25, 0.3) is 11.0 Å². The number of carbonyl (C=O) groups excluding carboxylic acids is 1. The molecule has 5 nitrogen and oxygen atoms in total. The standard InChI is InChI=1S/C10H8N2O3/c11-9(14)6-4-5-2-1-3-7(13)8(5)15-10(6)12/h1-4,12-13H,(H2,11,14). The molecular formula is C10H8N2O3. The maximum Gasteiger partial charge on any atom is 0.254 e.